The summed E-state index contributed by atoms with van der Waals surface area (Å²) in [6.45, 7) is 2.19. The Morgan fingerprint density at radius 2 is 2.33 bits per heavy atom. The van der Waals surface area contributed by atoms with Gasteiger partial charge < -0.3 is 16.2 Å². The summed E-state index contributed by atoms with van der Waals surface area (Å²) in [6, 6.07) is 0. The van der Waals surface area contributed by atoms with Crippen LogP contribution >= 0.6 is 11.6 Å². The van der Waals surface area contributed by atoms with Gasteiger partial charge in [-0.05, 0) is 0 Å². The van der Waals surface area contributed by atoms with Crippen LogP contribution in [-0.2, 0) is 4.74 Å². The lowest BCUT2D eigenvalue weighted by Crippen LogP contribution is -2.30. The number of nitrogens with two attached hydrogens (primary N) is 2. The normalized spacial score (nSPS) is 20.8. The Bertz CT molecular complexity index is 211. The Morgan fingerprint density at radius 3 is 2.75 bits per heavy atom. The van der Waals surface area contributed by atoms with E-state index in [1.807, 2.05) is 0 Å². The van der Waals surface area contributed by atoms with Crippen LogP contribution in [0.2, 0.25) is 0 Å². The molecule has 68 valence electrons. The van der Waals surface area contributed by atoms with Gasteiger partial charge in [0.1, 0.15) is 5.17 Å². The summed E-state index contributed by atoms with van der Waals surface area (Å²) < 4.78 is 4.97. The van der Waals surface area contributed by atoms with Crippen molar-refractivity contribution in [2.24, 2.45) is 22.4 Å². The standard InChI is InChI=1S/C7H12ClN3O/c8-7(6(10)1-9)11-2-5-3-12-4-5/h1,5H,2-4,9-10H2. The zero-order chi connectivity index (χ0) is 8.97. The van der Waals surface area contributed by atoms with Gasteiger partial charge in [0.15, 0.2) is 0 Å². The highest BCUT2D eigenvalue weighted by molar-refractivity contribution is 6.69. The van der Waals surface area contributed by atoms with Gasteiger partial charge in [-0.15, -0.1) is 0 Å². The van der Waals surface area contributed by atoms with Gasteiger partial charge >= 0.3 is 0 Å². The minimum absolute atomic E-state index is 0.282. The van der Waals surface area contributed by atoms with Crippen LogP contribution in [0.5, 0.6) is 0 Å². The van der Waals surface area contributed by atoms with Gasteiger partial charge in [-0.25, -0.2) is 0 Å². The molecule has 0 unspecified atom stereocenters. The van der Waals surface area contributed by atoms with Crippen LogP contribution in [0.4, 0.5) is 0 Å². The van der Waals surface area contributed by atoms with Crippen LogP contribution in [0.1, 0.15) is 0 Å². The van der Waals surface area contributed by atoms with Crippen LogP contribution < -0.4 is 11.5 Å². The van der Waals surface area contributed by atoms with Crippen molar-refractivity contribution in [2.75, 3.05) is 19.8 Å². The van der Waals surface area contributed by atoms with E-state index in [0.29, 0.717) is 18.2 Å². The van der Waals surface area contributed by atoms with Gasteiger partial charge in [-0.3, -0.25) is 4.99 Å². The quantitative estimate of drug-likeness (QED) is 0.616. The molecule has 0 spiro atoms. The first-order valence-electron chi connectivity index (χ1n) is 3.69. The van der Waals surface area contributed by atoms with Gasteiger partial charge in [0.05, 0.1) is 18.9 Å². The Balaban J connectivity index is 2.34. The number of aliphatic imine (C=N–C) groups is 1. The summed E-state index contributed by atoms with van der Waals surface area (Å²) in [6.07, 6.45) is 1.24. The topological polar surface area (TPSA) is 73.6 Å². The number of hydrogen-bond donors (Lipinski definition) is 2. The molecule has 1 fully saturated rings. The molecule has 0 bridgehead atoms. The number of nitrogens with zero attached hydrogens (tertiary/aromatic N) is 1. The summed E-state index contributed by atoms with van der Waals surface area (Å²) in [5.41, 5.74) is 10.9. The van der Waals surface area contributed by atoms with Crippen molar-refractivity contribution in [3.63, 3.8) is 0 Å². The van der Waals surface area contributed by atoms with E-state index in [9.17, 15) is 0 Å². The Kier molecular flexibility index (Phi) is 3.37. The molecule has 4 N–H and O–H groups in total. The number of hydrogen-bond acceptors (Lipinski definition) is 4. The molecule has 0 amide bonds. The first kappa shape index (κ1) is 9.35. The monoisotopic (exact) mass is 189 g/mol. The lowest BCUT2D eigenvalue weighted by atomic mass is 10.1. The highest BCUT2D eigenvalue weighted by Gasteiger charge is 2.17. The lowest BCUT2D eigenvalue weighted by molar-refractivity contribution is -0.0265. The van der Waals surface area contributed by atoms with Crippen molar-refractivity contribution in [3.05, 3.63) is 11.9 Å². The number of halogens is 1. The van der Waals surface area contributed by atoms with Crippen molar-refractivity contribution in [1.82, 2.24) is 0 Å². The van der Waals surface area contributed by atoms with Crippen LogP contribution in [-0.4, -0.2) is 24.9 Å². The average molecular weight is 190 g/mol. The fourth-order valence-electron chi connectivity index (χ4n) is 0.759. The van der Waals surface area contributed by atoms with E-state index in [-0.39, 0.29) is 5.17 Å². The van der Waals surface area contributed by atoms with E-state index >= 15 is 0 Å². The molecule has 0 aromatic rings. The predicted octanol–water partition coefficient (Wildman–Crippen LogP) is 0.0289. The molecule has 1 heterocycles. The third kappa shape index (κ3) is 2.39. The van der Waals surface area contributed by atoms with Crippen molar-refractivity contribution < 1.29 is 4.74 Å². The van der Waals surface area contributed by atoms with E-state index in [2.05, 4.69) is 4.99 Å². The average Bonchev–Trinajstić information content (AvgIpc) is 2.00. The van der Waals surface area contributed by atoms with Crippen LogP contribution in [0, 0.1) is 5.92 Å². The molecule has 12 heavy (non-hydrogen) atoms. The van der Waals surface area contributed by atoms with E-state index < -0.39 is 0 Å². The van der Waals surface area contributed by atoms with Gasteiger partial charge in [-0.1, -0.05) is 11.6 Å². The first-order valence-corrected chi connectivity index (χ1v) is 4.07. The summed E-state index contributed by atoms with van der Waals surface area (Å²) in [4.78, 5) is 4.05. The Labute approximate surface area is 76.2 Å². The summed E-state index contributed by atoms with van der Waals surface area (Å²) in [5.74, 6) is 0.490. The summed E-state index contributed by atoms with van der Waals surface area (Å²) in [7, 11) is 0. The summed E-state index contributed by atoms with van der Waals surface area (Å²) in [5, 5.41) is 0.282. The molecule has 1 saturated heterocycles. The highest BCUT2D eigenvalue weighted by atomic mass is 35.5. The van der Waals surface area contributed by atoms with Crippen molar-refractivity contribution in [1.29, 1.82) is 0 Å². The SMILES string of the molecule is NC=C(N)C(Cl)=NCC1COC1. The van der Waals surface area contributed by atoms with Crippen molar-refractivity contribution in [3.8, 4) is 0 Å². The Morgan fingerprint density at radius 1 is 1.67 bits per heavy atom. The molecule has 0 saturated carbocycles. The number of rotatable bonds is 3. The summed E-state index contributed by atoms with van der Waals surface area (Å²) >= 11 is 5.69. The van der Waals surface area contributed by atoms with E-state index in [1.165, 1.54) is 6.20 Å². The maximum absolute atomic E-state index is 5.69. The molecule has 1 aliphatic heterocycles. The van der Waals surface area contributed by atoms with Crippen molar-refractivity contribution in [2.45, 2.75) is 0 Å². The molecule has 5 heteroatoms. The van der Waals surface area contributed by atoms with Gasteiger partial charge in [-0.2, -0.15) is 0 Å². The maximum Gasteiger partial charge on any atom is 0.148 e. The molecule has 0 radical (unpaired) electrons. The molecule has 0 atom stereocenters. The van der Waals surface area contributed by atoms with Crippen LogP contribution in [0.3, 0.4) is 0 Å². The maximum atomic E-state index is 5.69. The van der Waals surface area contributed by atoms with Crippen LogP contribution in [0.25, 0.3) is 0 Å². The lowest BCUT2D eigenvalue weighted by Gasteiger charge is -2.23. The second-order valence-electron chi connectivity index (χ2n) is 2.66. The fourth-order valence-corrected chi connectivity index (χ4v) is 0.891. The smallest absolute Gasteiger partial charge is 0.148 e. The molecule has 4 nitrogen and oxygen atoms in total. The van der Waals surface area contributed by atoms with Gasteiger partial charge in [0.25, 0.3) is 0 Å². The first-order chi connectivity index (χ1) is 5.74. The van der Waals surface area contributed by atoms with Gasteiger partial charge in [0.2, 0.25) is 0 Å². The Hall–Kier alpha value is -0.740. The van der Waals surface area contributed by atoms with Gasteiger partial charge in [0, 0.05) is 18.7 Å². The highest BCUT2D eigenvalue weighted by Crippen LogP contribution is 2.10. The fraction of sp³-hybridized carbons (Fsp3) is 0.571. The third-order valence-corrected chi connectivity index (χ3v) is 1.95. The minimum atomic E-state index is 0.282. The van der Waals surface area contributed by atoms with Crippen molar-refractivity contribution >= 4 is 16.8 Å². The zero-order valence-electron chi connectivity index (χ0n) is 6.66. The van der Waals surface area contributed by atoms with E-state index in [4.69, 9.17) is 27.8 Å². The van der Waals surface area contributed by atoms with E-state index in [0.717, 1.165) is 13.2 Å². The molecule has 0 aromatic carbocycles. The number of ether oxygens (including phenoxy) is 1. The third-order valence-electron chi connectivity index (χ3n) is 1.61. The molecular formula is C7H12ClN3O. The molecule has 1 rings (SSSR count). The second-order valence-corrected chi connectivity index (χ2v) is 3.02. The molecule has 0 aliphatic carbocycles. The molecule has 0 aromatic heterocycles. The zero-order valence-corrected chi connectivity index (χ0v) is 7.42. The molecular weight excluding hydrogens is 178 g/mol. The predicted molar refractivity (Wildman–Crippen MR) is 48.9 cm³/mol. The second kappa shape index (κ2) is 4.33. The van der Waals surface area contributed by atoms with E-state index in [1.54, 1.807) is 0 Å². The van der Waals surface area contributed by atoms with Crippen LogP contribution in [0.15, 0.2) is 16.9 Å². The minimum Gasteiger partial charge on any atom is -0.403 e. The number of allylic oxidation sites excluding steroid dienone is 1. The molecule has 1 aliphatic rings. The largest absolute Gasteiger partial charge is 0.403 e.